The first-order valence-corrected chi connectivity index (χ1v) is 9.20. The number of rotatable bonds is 9. The lowest BCUT2D eigenvalue weighted by Crippen LogP contribution is -2.41. The van der Waals surface area contributed by atoms with Crippen LogP contribution in [0, 0.1) is 16.7 Å². The molecule has 0 aliphatic heterocycles. The van der Waals surface area contributed by atoms with Gasteiger partial charge in [0.1, 0.15) is 6.61 Å². The summed E-state index contributed by atoms with van der Waals surface area (Å²) in [5.41, 5.74) is -0.930. The maximum Gasteiger partial charge on any atom is 0.333 e. The number of unbranched alkanes of at least 4 members (excludes halogenated alkanes) is 2. The van der Waals surface area contributed by atoms with Crippen LogP contribution in [0.1, 0.15) is 59.3 Å². The van der Waals surface area contributed by atoms with E-state index in [0.717, 1.165) is 6.42 Å². The summed E-state index contributed by atoms with van der Waals surface area (Å²) >= 11 is 0. The van der Waals surface area contributed by atoms with Crippen molar-refractivity contribution in [1.82, 2.24) is 0 Å². The largest absolute Gasteiger partial charge is 0.465 e. The molecule has 0 N–H and O–H groups in total. The molecular weight excluding hydrogens is 336 g/mol. The van der Waals surface area contributed by atoms with Gasteiger partial charge in [-0.25, -0.2) is 4.79 Å². The summed E-state index contributed by atoms with van der Waals surface area (Å²) in [6.45, 7) is 9.24. The third-order valence-electron chi connectivity index (χ3n) is 6.03. The molecule has 2 unspecified atom stereocenters. The molecule has 6 nitrogen and oxygen atoms in total. The maximum absolute atomic E-state index is 12.4. The van der Waals surface area contributed by atoms with Gasteiger partial charge in [-0.2, -0.15) is 0 Å². The average Bonchev–Trinajstić information content (AvgIpc) is 2.91. The van der Waals surface area contributed by atoms with E-state index in [1.807, 2.05) is 13.8 Å². The normalized spacial score (nSPS) is 26.0. The van der Waals surface area contributed by atoms with Crippen LogP contribution in [0.5, 0.6) is 0 Å². The average molecular weight is 364 g/mol. The fourth-order valence-corrected chi connectivity index (χ4v) is 4.10. The van der Waals surface area contributed by atoms with Gasteiger partial charge >= 0.3 is 11.9 Å². The molecule has 2 aliphatic carbocycles. The van der Waals surface area contributed by atoms with Crippen LogP contribution in [0.25, 0.3) is 0 Å². The van der Waals surface area contributed by atoms with Crippen molar-refractivity contribution in [2.24, 2.45) is 16.7 Å². The Hall–Kier alpha value is -1.98. The van der Waals surface area contributed by atoms with Crippen molar-refractivity contribution < 1.29 is 28.7 Å². The predicted octanol–water partition coefficient (Wildman–Crippen LogP) is 2.78. The van der Waals surface area contributed by atoms with Crippen molar-refractivity contribution in [2.75, 3.05) is 13.2 Å². The minimum absolute atomic E-state index is 0.00384. The highest BCUT2D eigenvalue weighted by molar-refractivity contribution is 6.43. The number of ether oxygens (including phenoxy) is 2. The van der Waals surface area contributed by atoms with Crippen molar-refractivity contribution in [2.45, 2.75) is 59.3 Å². The zero-order valence-electron chi connectivity index (χ0n) is 15.9. The van der Waals surface area contributed by atoms with E-state index in [4.69, 9.17) is 9.47 Å². The number of carbonyl (C=O) groups is 4. The molecule has 0 spiro atoms. The molecule has 0 heterocycles. The second kappa shape index (κ2) is 7.72. The summed E-state index contributed by atoms with van der Waals surface area (Å²) < 4.78 is 10.3. The standard InChI is InChI=1S/C20H28O6/c1-13(2)18(24)25-11-7-5-6-8-15(21)26-12-20-10-9-14(19(20,3)4)16(22)17(20)23/h14H,1,5-12H2,2-4H3. The van der Waals surface area contributed by atoms with Crippen molar-refractivity contribution >= 4 is 23.5 Å². The van der Waals surface area contributed by atoms with Crippen molar-refractivity contribution in [3.63, 3.8) is 0 Å². The molecule has 6 heteroatoms. The Bertz CT molecular complexity index is 632. The fraction of sp³-hybridized carbons (Fsp3) is 0.700. The number of carbonyl (C=O) groups excluding carboxylic acids is 4. The Kier molecular flexibility index (Phi) is 6.04. The van der Waals surface area contributed by atoms with Crippen LogP contribution in [-0.2, 0) is 28.7 Å². The number of fused-ring (bicyclic) bond motifs is 2. The first-order valence-electron chi connectivity index (χ1n) is 9.20. The van der Waals surface area contributed by atoms with Crippen LogP contribution in [0.15, 0.2) is 12.2 Å². The van der Waals surface area contributed by atoms with E-state index in [1.54, 1.807) is 6.92 Å². The Balaban J connectivity index is 1.69. The van der Waals surface area contributed by atoms with Gasteiger partial charge in [-0.1, -0.05) is 20.4 Å². The Morgan fingerprint density at radius 1 is 1.15 bits per heavy atom. The third kappa shape index (κ3) is 3.60. The van der Waals surface area contributed by atoms with Gasteiger partial charge < -0.3 is 9.47 Å². The molecule has 0 saturated heterocycles. The number of Topliss-reactive ketones (excluding diaryl/α,β-unsaturated/α-hetero) is 2. The van der Waals surface area contributed by atoms with Gasteiger partial charge in [0.05, 0.1) is 12.0 Å². The molecule has 2 saturated carbocycles. The van der Waals surface area contributed by atoms with Gasteiger partial charge in [0, 0.05) is 17.9 Å². The van der Waals surface area contributed by atoms with Gasteiger partial charge in [-0.15, -0.1) is 0 Å². The quantitative estimate of drug-likeness (QED) is 0.271. The van der Waals surface area contributed by atoms with Gasteiger partial charge in [0.25, 0.3) is 0 Å². The lowest BCUT2D eigenvalue weighted by molar-refractivity contribution is -0.154. The van der Waals surface area contributed by atoms with E-state index < -0.39 is 16.8 Å². The number of hydrogen-bond acceptors (Lipinski definition) is 6. The van der Waals surface area contributed by atoms with E-state index in [2.05, 4.69) is 6.58 Å². The first-order chi connectivity index (χ1) is 12.1. The number of ketones is 2. The van der Waals surface area contributed by atoms with Crippen molar-refractivity contribution in [3.8, 4) is 0 Å². The minimum Gasteiger partial charge on any atom is -0.465 e. The summed E-state index contributed by atoms with van der Waals surface area (Å²) in [4.78, 5) is 47.6. The molecule has 2 fully saturated rings. The van der Waals surface area contributed by atoms with Crippen LogP contribution < -0.4 is 0 Å². The molecule has 144 valence electrons. The highest BCUT2D eigenvalue weighted by Crippen LogP contribution is 2.62. The van der Waals surface area contributed by atoms with Crippen molar-refractivity contribution in [3.05, 3.63) is 12.2 Å². The van der Waals surface area contributed by atoms with Gasteiger partial charge in [-0.05, 0) is 44.4 Å². The Morgan fingerprint density at radius 2 is 1.85 bits per heavy atom. The van der Waals surface area contributed by atoms with E-state index in [0.29, 0.717) is 37.9 Å². The topological polar surface area (TPSA) is 86.7 Å². The summed E-state index contributed by atoms with van der Waals surface area (Å²) in [7, 11) is 0. The molecule has 0 amide bonds. The Labute approximate surface area is 154 Å². The molecule has 2 rings (SSSR count). The molecule has 2 aliphatic rings. The zero-order valence-corrected chi connectivity index (χ0v) is 15.9. The highest BCUT2D eigenvalue weighted by atomic mass is 16.5. The lowest BCUT2D eigenvalue weighted by Gasteiger charge is -2.34. The summed E-state index contributed by atoms with van der Waals surface area (Å²) in [5.74, 6) is -1.68. The molecule has 2 atom stereocenters. The molecule has 2 bridgehead atoms. The lowest BCUT2D eigenvalue weighted by atomic mass is 9.69. The molecule has 0 radical (unpaired) electrons. The fourth-order valence-electron chi connectivity index (χ4n) is 4.10. The van der Waals surface area contributed by atoms with Gasteiger partial charge in [-0.3, -0.25) is 14.4 Å². The van der Waals surface area contributed by atoms with E-state index >= 15 is 0 Å². The summed E-state index contributed by atoms with van der Waals surface area (Å²) in [6, 6.07) is 0. The molecule has 0 aromatic heterocycles. The van der Waals surface area contributed by atoms with Gasteiger partial charge in [0.2, 0.25) is 11.6 Å². The second-order valence-corrected chi connectivity index (χ2v) is 7.98. The number of hydrogen-bond donors (Lipinski definition) is 0. The summed E-state index contributed by atoms with van der Waals surface area (Å²) in [6.07, 6.45) is 3.56. The van der Waals surface area contributed by atoms with E-state index in [-0.39, 0.29) is 36.5 Å². The zero-order chi connectivity index (χ0) is 19.5. The van der Waals surface area contributed by atoms with Gasteiger partial charge in [0.15, 0.2) is 0 Å². The van der Waals surface area contributed by atoms with Crippen LogP contribution in [-0.4, -0.2) is 36.7 Å². The molecule has 0 aromatic carbocycles. The number of esters is 2. The molecule has 26 heavy (non-hydrogen) atoms. The SMILES string of the molecule is C=C(C)C(=O)OCCCCCC(=O)OCC12CCC(C(=O)C1=O)C2(C)C. The third-order valence-corrected chi connectivity index (χ3v) is 6.03. The second-order valence-electron chi connectivity index (χ2n) is 7.98. The minimum atomic E-state index is -0.846. The van der Waals surface area contributed by atoms with Crippen LogP contribution >= 0.6 is 0 Å². The predicted molar refractivity (Wildman–Crippen MR) is 94.2 cm³/mol. The summed E-state index contributed by atoms with van der Waals surface area (Å²) in [5, 5.41) is 0. The monoisotopic (exact) mass is 364 g/mol. The maximum atomic E-state index is 12.4. The first kappa shape index (κ1) is 20.3. The van der Waals surface area contributed by atoms with Crippen LogP contribution in [0.2, 0.25) is 0 Å². The Morgan fingerprint density at radius 3 is 2.42 bits per heavy atom. The van der Waals surface area contributed by atoms with E-state index in [1.165, 1.54) is 0 Å². The van der Waals surface area contributed by atoms with Crippen molar-refractivity contribution in [1.29, 1.82) is 0 Å². The van der Waals surface area contributed by atoms with Crippen LogP contribution in [0.3, 0.4) is 0 Å². The smallest absolute Gasteiger partial charge is 0.333 e. The van der Waals surface area contributed by atoms with Crippen LogP contribution in [0.4, 0.5) is 0 Å². The highest BCUT2D eigenvalue weighted by Gasteiger charge is 2.69. The molecule has 0 aromatic rings. The molecular formula is C20H28O6. The van der Waals surface area contributed by atoms with E-state index in [9.17, 15) is 19.2 Å².